The summed E-state index contributed by atoms with van der Waals surface area (Å²) in [4.78, 5) is 29.1. The van der Waals surface area contributed by atoms with E-state index in [1.165, 1.54) is 11.1 Å². The Labute approximate surface area is 185 Å². The Morgan fingerprint density at radius 3 is 1.94 bits per heavy atom. The molecule has 0 spiro atoms. The molecular formula is C25H34N4O2. The van der Waals surface area contributed by atoms with Crippen LogP contribution in [0.15, 0.2) is 42.5 Å². The van der Waals surface area contributed by atoms with Crippen LogP contribution in [0.3, 0.4) is 0 Å². The van der Waals surface area contributed by atoms with E-state index in [1.54, 1.807) is 0 Å². The number of aryl methyl sites for hydroxylation is 3. The van der Waals surface area contributed by atoms with Crippen molar-refractivity contribution in [1.82, 2.24) is 15.1 Å². The molecule has 2 aromatic carbocycles. The molecule has 1 saturated heterocycles. The van der Waals surface area contributed by atoms with E-state index in [9.17, 15) is 9.59 Å². The molecule has 2 aromatic rings. The lowest BCUT2D eigenvalue weighted by Gasteiger charge is -2.33. The number of carbonyl (C=O) groups excluding carboxylic acids is 2. The molecule has 1 heterocycles. The standard InChI is InChI=1S/C25H34N4O2/c1-19-7-4-5-10-22(19)11-12-26-23(30)17-28-13-15-29(16-14-28)18-24(31)27-25-20(2)8-6-9-21(25)3/h4-10H,11-18H2,1-3H3,(H,26,30)(H,27,31). The van der Waals surface area contributed by atoms with Gasteiger partial charge in [0.15, 0.2) is 0 Å². The van der Waals surface area contributed by atoms with Gasteiger partial charge in [0.2, 0.25) is 11.8 Å². The second-order valence-corrected chi connectivity index (χ2v) is 8.39. The molecule has 0 aromatic heterocycles. The molecule has 0 bridgehead atoms. The number of benzene rings is 2. The monoisotopic (exact) mass is 422 g/mol. The van der Waals surface area contributed by atoms with Crippen LogP contribution >= 0.6 is 0 Å². The minimum atomic E-state index is 0.0137. The first kappa shape index (κ1) is 23.0. The number of piperazine rings is 1. The van der Waals surface area contributed by atoms with Crippen molar-refractivity contribution in [3.05, 3.63) is 64.7 Å². The van der Waals surface area contributed by atoms with E-state index in [4.69, 9.17) is 0 Å². The van der Waals surface area contributed by atoms with Crippen molar-refractivity contribution in [2.45, 2.75) is 27.2 Å². The van der Waals surface area contributed by atoms with Crippen LogP contribution in [-0.2, 0) is 16.0 Å². The average Bonchev–Trinajstić information content (AvgIpc) is 2.74. The molecule has 6 heteroatoms. The number of nitrogens with one attached hydrogen (secondary N) is 2. The third-order valence-electron chi connectivity index (χ3n) is 5.92. The van der Waals surface area contributed by atoms with Crippen LogP contribution in [0.25, 0.3) is 0 Å². The zero-order valence-corrected chi connectivity index (χ0v) is 18.9. The summed E-state index contributed by atoms with van der Waals surface area (Å²) < 4.78 is 0. The van der Waals surface area contributed by atoms with Crippen molar-refractivity contribution in [2.75, 3.05) is 51.1 Å². The van der Waals surface area contributed by atoms with E-state index >= 15 is 0 Å². The summed E-state index contributed by atoms with van der Waals surface area (Å²) >= 11 is 0. The maximum absolute atomic E-state index is 12.5. The van der Waals surface area contributed by atoms with Crippen LogP contribution in [0.2, 0.25) is 0 Å². The summed E-state index contributed by atoms with van der Waals surface area (Å²) in [6.45, 7) is 10.7. The minimum Gasteiger partial charge on any atom is -0.355 e. The summed E-state index contributed by atoms with van der Waals surface area (Å²) in [5.41, 5.74) is 5.59. The fourth-order valence-corrected chi connectivity index (χ4v) is 3.99. The van der Waals surface area contributed by atoms with Gasteiger partial charge in [0, 0.05) is 38.4 Å². The lowest BCUT2D eigenvalue weighted by molar-refractivity contribution is -0.123. The number of hydrogen-bond acceptors (Lipinski definition) is 4. The molecule has 2 amide bonds. The van der Waals surface area contributed by atoms with Crippen LogP contribution in [0.4, 0.5) is 5.69 Å². The molecule has 0 aliphatic carbocycles. The van der Waals surface area contributed by atoms with E-state index in [2.05, 4.69) is 39.5 Å². The highest BCUT2D eigenvalue weighted by atomic mass is 16.2. The number of rotatable bonds is 8. The van der Waals surface area contributed by atoms with Gasteiger partial charge in [0.1, 0.15) is 0 Å². The van der Waals surface area contributed by atoms with Gasteiger partial charge >= 0.3 is 0 Å². The molecule has 3 rings (SSSR count). The molecule has 1 aliphatic heterocycles. The zero-order chi connectivity index (χ0) is 22.2. The second-order valence-electron chi connectivity index (χ2n) is 8.39. The van der Waals surface area contributed by atoms with Gasteiger partial charge in [0.25, 0.3) is 0 Å². The predicted molar refractivity (Wildman–Crippen MR) is 125 cm³/mol. The Kier molecular flexibility index (Phi) is 8.20. The maximum Gasteiger partial charge on any atom is 0.238 e. The SMILES string of the molecule is Cc1ccccc1CCNC(=O)CN1CCN(CC(=O)Nc2c(C)cccc2C)CC1. The molecule has 166 valence electrons. The highest BCUT2D eigenvalue weighted by Gasteiger charge is 2.21. The summed E-state index contributed by atoms with van der Waals surface area (Å²) in [5.74, 6) is 0.0783. The van der Waals surface area contributed by atoms with E-state index in [0.29, 0.717) is 19.6 Å². The number of hydrogen-bond donors (Lipinski definition) is 2. The summed E-state index contributed by atoms with van der Waals surface area (Å²) in [6.07, 6.45) is 0.849. The van der Waals surface area contributed by atoms with Crippen LogP contribution < -0.4 is 10.6 Å². The van der Waals surface area contributed by atoms with Crippen molar-refractivity contribution < 1.29 is 9.59 Å². The lowest BCUT2D eigenvalue weighted by Crippen LogP contribution is -2.51. The Balaban J connectivity index is 1.35. The second kappa shape index (κ2) is 11.1. The Bertz CT molecular complexity index is 884. The number of amides is 2. The Hall–Kier alpha value is -2.70. The zero-order valence-electron chi connectivity index (χ0n) is 18.9. The van der Waals surface area contributed by atoms with Crippen LogP contribution in [0.1, 0.15) is 22.3 Å². The van der Waals surface area contributed by atoms with Gasteiger partial charge in [0.05, 0.1) is 13.1 Å². The van der Waals surface area contributed by atoms with Gasteiger partial charge in [-0.25, -0.2) is 0 Å². The lowest BCUT2D eigenvalue weighted by atomic mass is 10.1. The molecule has 1 aliphatic rings. The minimum absolute atomic E-state index is 0.0137. The smallest absolute Gasteiger partial charge is 0.238 e. The first-order chi connectivity index (χ1) is 14.9. The number of nitrogens with zero attached hydrogens (tertiary/aromatic N) is 2. The molecule has 0 saturated carbocycles. The largest absolute Gasteiger partial charge is 0.355 e. The number of anilines is 1. The number of para-hydroxylation sites is 1. The van der Waals surface area contributed by atoms with Crippen molar-refractivity contribution >= 4 is 17.5 Å². The quantitative estimate of drug-likeness (QED) is 0.686. The van der Waals surface area contributed by atoms with Gasteiger partial charge in [-0.2, -0.15) is 0 Å². The molecule has 0 atom stereocenters. The van der Waals surface area contributed by atoms with Crippen LogP contribution in [0.5, 0.6) is 0 Å². The van der Waals surface area contributed by atoms with Gasteiger partial charge in [-0.15, -0.1) is 0 Å². The Morgan fingerprint density at radius 1 is 0.774 bits per heavy atom. The van der Waals surface area contributed by atoms with E-state index in [0.717, 1.165) is 49.4 Å². The van der Waals surface area contributed by atoms with E-state index in [-0.39, 0.29) is 11.8 Å². The summed E-state index contributed by atoms with van der Waals surface area (Å²) in [6, 6.07) is 14.3. The van der Waals surface area contributed by atoms with Crippen molar-refractivity contribution in [2.24, 2.45) is 0 Å². The topological polar surface area (TPSA) is 64.7 Å². The van der Waals surface area contributed by atoms with Crippen LogP contribution in [-0.4, -0.2) is 67.4 Å². The highest BCUT2D eigenvalue weighted by molar-refractivity contribution is 5.93. The van der Waals surface area contributed by atoms with E-state index < -0.39 is 0 Å². The molecule has 2 N–H and O–H groups in total. The van der Waals surface area contributed by atoms with Crippen molar-refractivity contribution in [3.63, 3.8) is 0 Å². The first-order valence-electron chi connectivity index (χ1n) is 11.0. The normalized spacial score (nSPS) is 14.9. The highest BCUT2D eigenvalue weighted by Crippen LogP contribution is 2.19. The van der Waals surface area contributed by atoms with E-state index in [1.807, 2.05) is 44.2 Å². The molecular weight excluding hydrogens is 388 g/mol. The van der Waals surface area contributed by atoms with Crippen molar-refractivity contribution in [3.8, 4) is 0 Å². The Morgan fingerprint density at radius 2 is 1.32 bits per heavy atom. The average molecular weight is 423 g/mol. The maximum atomic E-state index is 12.5. The van der Waals surface area contributed by atoms with Gasteiger partial charge in [-0.3, -0.25) is 19.4 Å². The van der Waals surface area contributed by atoms with Crippen molar-refractivity contribution in [1.29, 1.82) is 0 Å². The third-order valence-corrected chi connectivity index (χ3v) is 5.92. The molecule has 0 unspecified atom stereocenters. The fraction of sp³-hybridized carbons (Fsp3) is 0.440. The van der Waals surface area contributed by atoms with Gasteiger partial charge < -0.3 is 10.6 Å². The third kappa shape index (κ3) is 6.91. The fourth-order valence-electron chi connectivity index (χ4n) is 3.99. The molecule has 6 nitrogen and oxygen atoms in total. The van der Waals surface area contributed by atoms with Crippen LogP contribution in [0, 0.1) is 20.8 Å². The molecule has 31 heavy (non-hydrogen) atoms. The predicted octanol–water partition coefficient (Wildman–Crippen LogP) is 2.53. The summed E-state index contributed by atoms with van der Waals surface area (Å²) in [5, 5.41) is 6.08. The first-order valence-corrected chi connectivity index (χ1v) is 11.0. The summed E-state index contributed by atoms with van der Waals surface area (Å²) in [7, 11) is 0. The molecule has 0 radical (unpaired) electrons. The van der Waals surface area contributed by atoms with Gasteiger partial charge in [-0.05, 0) is 49.4 Å². The number of carbonyl (C=O) groups is 2. The molecule has 1 fully saturated rings. The van der Waals surface area contributed by atoms with Gasteiger partial charge in [-0.1, -0.05) is 42.5 Å².